The van der Waals surface area contributed by atoms with Gasteiger partial charge < -0.3 is 18.3 Å². The second-order valence-electron chi connectivity index (χ2n) is 4.81. The summed E-state index contributed by atoms with van der Waals surface area (Å²) >= 11 is 0. The number of rotatable bonds is 12. The first-order chi connectivity index (χ1) is 8.77. The Morgan fingerprint density at radius 3 is 2.17 bits per heavy atom. The van der Waals surface area contributed by atoms with Gasteiger partial charge in [-0.2, -0.15) is 0 Å². The number of hydrogen-bond donors (Lipinski definition) is 0. The van der Waals surface area contributed by atoms with Crippen LogP contribution in [0.5, 0.6) is 0 Å². The Balaban J connectivity index is 2.20. The summed E-state index contributed by atoms with van der Waals surface area (Å²) in [4.78, 5) is 0. The van der Waals surface area contributed by atoms with E-state index in [0.717, 1.165) is 45.5 Å². The van der Waals surface area contributed by atoms with Crippen LogP contribution in [0.15, 0.2) is 0 Å². The molecule has 4 nitrogen and oxygen atoms in total. The summed E-state index contributed by atoms with van der Waals surface area (Å²) in [5, 5.41) is 0. The molecule has 18 heavy (non-hydrogen) atoms. The van der Waals surface area contributed by atoms with Crippen LogP contribution in [-0.4, -0.2) is 47.5 Å². The molecule has 1 fully saturated rings. The Labute approximate surface area is 113 Å². The first-order valence-electron chi connectivity index (χ1n) is 7.24. The Bertz CT molecular complexity index is 189. The van der Waals surface area contributed by atoms with Gasteiger partial charge in [-0.1, -0.05) is 26.7 Å². The summed E-state index contributed by atoms with van der Waals surface area (Å²) < 4.78 is 22.7. The van der Waals surface area contributed by atoms with Crippen LogP contribution in [0.4, 0.5) is 0 Å². The van der Waals surface area contributed by atoms with Crippen molar-refractivity contribution < 1.29 is 18.3 Å². The van der Waals surface area contributed by atoms with Gasteiger partial charge in [0.05, 0.1) is 18.9 Å². The van der Waals surface area contributed by atoms with Gasteiger partial charge in [0.15, 0.2) is 0 Å². The minimum Gasteiger partial charge on any atom is -0.395 e. The highest BCUT2D eigenvalue weighted by molar-refractivity contribution is 6.45. The highest BCUT2D eigenvalue weighted by atomic mass is 28.3. The maximum Gasteiger partial charge on any atom is 0.351 e. The molecule has 0 aromatic rings. The lowest BCUT2D eigenvalue weighted by atomic mass is 10.4. The van der Waals surface area contributed by atoms with Crippen molar-refractivity contribution in [2.24, 2.45) is 0 Å². The molecule has 1 rings (SSSR count). The fourth-order valence-corrected chi connectivity index (χ4v) is 3.21. The lowest BCUT2D eigenvalue weighted by molar-refractivity contribution is 0.0580. The fraction of sp³-hybridized carbons (Fsp3) is 1.00. The summed E-state index contributed by atoms with van der Waals surface area (Å²) in [6.07, 6.45) is 4.81. The van der Waals surface area contributed by atoms with E-state index in [2.05, 4.69) is 20.8 Å². The van der Waals surface area contributed by atoms with Crippen molar-refractivity contribution in [2.75, 3.05) is 26.4 Å². The van der Waals surface area contributed by atoms with Crippen molar-refractivity contribution in [2.45, 2.75) is 58.3 Å². The minimum absolute atomic E-state index is 0.0999. The van der Waals surface area contributed by atoms with E-state index in [9.17, 15) is 0 Å². The standard InChI is InChI=1S/C13H28O4Si/c1-4-6-8-16-18(17-9-7-5-2)12(3)14-10-13-11-15-13/h12-13,18H,4-11H2,1-3H3. The Hall–Kier alpha value is 0.0569. The molecule has 1 aliphatic heterocycles. The van der Waals surface area contributed by atoms with Crippen LogP contribution in [0.2, 0.25) is 0 Å². The summed E-state index contributed by atoms with van der Waals surface area (Å²) in [7, 11) is -1.70. The molecule has 0 N–H and O–H groups in total. The van der Waals surface area contributed by atoms with E-state index in [0.29, 0.717) is 12.7 Å². The Morgan fingerprint density at radius 1 is 1.17 bits per heavy atom. The first-order valence-corrected chi connectivity index (χ1v) is 8.85. The molecular formula is C13H28O4Si. The smallest absolute Gasteiger partial charge is 0.351 e. The lowest BCUT2D eigenvalue weighted by Crippen LogP contribution is -2.38. The quantitative estimate of drug-likeness (QED) is 0.311. The van der Waals surface area contributed by atoms with E-state index in [1.165, 1.54) is 0 Å². The van der Waals surface area contributed by atoms with Gasteiger partial charge in [-0.05, 0) is 19.8 Å². The van der Waals surface area contributed by atoms with Gasteiger partial charge in [-0.3, -0.25) is 0 Å². The van der Waals surface area contributed by atoms with Crippen LogP contribution in [0, 0.1) is 0 Å². The molecule has 108 valence electrons. The molecule has 0 radical (unpaired) electrons. The largest absolute Gasteiger partial charge is 0.395 e. The Kier molecular flexibility index (Phi) is 8.88. The van der Waals surface area contributed by atoms with Crippen LogP contribution in [-0.2, 0) is 18.3 Å². The average molecular weight is 276 g/mol. The molecule has 2 atom stereocenters. The predicted molar refractivity (Wildman–Crippen MR) is 74.0 cm³/mol. The van der Waals surface area contributed by atoms with Crippen molar-refractivity contribution in [3.8, 4) is 0 Å². The number of hydrogen-bond acceptors (Lipinski definition) is 4. The third-order valence-corrected chi connectivity index (χ3v) is 4.98. The minimum atomic E-state index is -1.70. The van der Waals surface area contributed by atoms with E-state index in [4.69, 9.17) is 18.3 Å². The highest BCUT2D eigenvalue weighted by Gasteiger charge is 2.28. The molecule has 0 amide bonds. The molecule has 5 heteroatoms. The molecule has 0 spiro atoms. The van der Waals surface area contributed by atoms with Crippen LogP contribution >= 0.6 is 0 Å². The van der Waals surface area contributed by atoms with Crippen LogP contribution < -0.4 is 0 Å². The topological polar surface area (TPSA) is 40.2 Å². The lowest BCUT2D eigenvalue weighted by Gasteiger charge is -2.22. The van der Waals surface area contributed by atoms with Crippen molar-refractivity contribution >= 4 is 9.28 Å². The zero-order valence-corrected chi connectivity index (χ0v) is 13.2. The monoisotopic (exact) mass is 276 g/mol. The third kappa shape index (κ3) is 7.48. The fourth-order valence-electron chi connectivity index (χ4n) is 1.51. The zero-order chi connectivity index (χ0) is 13.2. The molecule has 0 aromatic carbocycles. The van der Waals surface area contributed by atoms with Crippen molar-refractivity contribution in [3.05, 3.63) is 0 Å². The third-order valence-electron chi connectivity index (χ3n) is 2.89. The van der Waals surface area contributed by atoms with Gasteiger partial charge >= 0.3 is 9.28 Å². The van der Waals surface area contributed by atoms with E-state index < -0.39 is 9.28 Å². The molecule has 0 aromatic heterocycles. The first kappa shape index (κ1) is 16.1. The molecule has 2 unspecified atom stereocenters. The zero-order valence-electron chi connectivity index (χ0n) is 12.0. The van der Waals surface area contributed by atoms with E-state index in [-0.39, 0.29) is 5.73 Å². The molecular weight excluding hydrogens is 248 g/mol. The highest BCUT2D eigenvalue weighted by Crippen LogP contribution is 2.12. The molecule has 0 aliphatic carbocycles. The normalized spacial score (nSPS) is 20.3. The number of ether oxygens (including phenoxy) is 2. The van der Waals surface area contributed by atoms with E-state index >= 15 is 0 Å². The SMILES string of the molecule is CCCCO[SiH](OCCCC)C(C)OCC1CO1. The summed E-state index contributed by atoms with van der Waals surface area (Å²) in [6.45, 7) is 9.52. The second-order valence-corrected chi connectivity index (χ2v) is 7.15. The van der Waals surface area contributed by atoms with Crippen LogP contribution in [0.25, 0.3) is 0 Å². The summed E-state index contributed by atoms with van der Waals surface area (Å²) in [6, 6.07) is 0. The van der Waals surface area contributed by atoms with E-state index in [1.54, 1.807) is 0 Å². The van der Waals surface area contributed by atoms with Crippen molar-refractivity contribution in [3.63, 3.8) is 0 Å². The predicted octanol–water partition coefficient (Wildman–Crippen LogP) is 2.18. The van der Waals surface area contributed by atoms with Crippen molar-refractivity contribution in [1.82, 2.24) is 0 Å². The number of epoxide rings is 1. The van der Waals surface area contributed by atoms with Gasteiger partial charge in [0.25, 0.3) is 0 Å². The molecule has 1 aliphatic rings. The maximum absolute atomic E-state index is 5.89. The molecule has 1 saturated heterocycles. The molecule has 0 saturated carbocycles. The Morgan fingerprint density at radius 2 is 1.72 bits per heavy atom. The number of unbranched alkanes of at least 4 members (excludes halogenated alkanes) is 2. The van der Waals surface area contributed by atoms with Gasteiger partial charge in [-0.25, -0.2) is 0 Å². The summed E-state index contributed by atoms with van der Waals surface area (Å²) in [5.41, 5.74) is 0.0999. The van der Waals surface area contributed by atoms with Gasteiger partial charge in [0, 0.05) is 13.2 Å². The van der Waals surface area contributed by atoms with Gasteiger partial charge in [-0.15, -0.1) is 0 Å². The van der Waals surface area contributed by atoms with Crippen molar-refractivity contribution in [1.29, 1.82) is 0 Å². The maximum atomic E-state index is 5.89. The van der Waals surface area contributed by atoms with Gasteiger partial charge in [0.2, 0.25) is 0 Å². The molecule has 1 heterocycles. The van der Waals surface area contributed by atoms with Crippen LogP contribution in [0.1, 0.15) is 46.5 Å². The average Bonchev–Trinajstić information content (AvgIpc) is 3.18. The summed E-state index contributed by atoms with van der Waals surface area (Å²) in [5.74, 6) is 0. The molecule has 0 bridgehead atoms. The van der Waals surface area contributed by atoms with Crippen LogP contribution in [0.3, 0.4) is 0 Å². The second kappa shape index (κ2) is 9.92. The van der Waals surface area contributed by atoms with E-state index in [1.807, 2.05) is 0 Å². The van der Waals surface area contributed by atoms with Gasteiger partial charge in [0.1, 0.15) is 6.10 Å².